The van der Waals surface area contributed by atoms with E-state index in [2.05, 4.69) is 123 Å². The predicted octanol–water partition coefficient (Wildman–Crippen LogP) is 7.50. The smallest absolute Gasteiger partial charge is 0.184 e. The van der Waals surface area contributed by atoms with Gasteiger partial charge in [0.2, 0.25) is 0 Å². The molecule has 0 aliphatic rings. The summed E-state index contributed by atoms with van der Waals surface area (Å²) in [4.78, 5) is 2.52. The molecule has 0 aliphatic carbocycles. The highest BCUT2D eigenvalue weighted by molar-refractivity contribution is 6.71. The summed E-state index contributed by atoms with van der Waals surface area (Å²) >= 11 is 0. The van der Waals surface area contributed by atoms with Crippen LogP contribution in [0.2, 0.25) is 118 Å². The minimum Gasteiger partial charge on any atom is -0.416 e. The molecule has 2 atom stereocenters. The maximum absolute atomic E-state index is 6.78. The topological polar surface area (TPSA) is 58.6 Å². The van der Waals surface area contributed by atoms with E-state index in [1.54, 1.807) is 0 Å². The van der Waals surface area contributed by atoms with Gasteiger partial charge in [-0.1, -0.05) is 0 Å². The van der Waals surface area contributed by atoms with Crippen LogP contribution in [-0.4, -0.2) is 113 Å². The Balaban J connectivity index is 6.46. The third kappa shape index (κ3) is 25.5. The van der Waals surface area contributed by atoms with Crippen LogP contribution >= 0.6 is 0 Å². The highest BCUT2D eigenvalue weighted by atomic mass is 28.4. The molecule has 242 valence electrons. The van der Waals surface area contributed by atoms with E-state index in [4.69, 9.17) is 26.6 Å². The van der Waals surface area contributed by atoms with Gasteiger partial charge in [-0.15, -0.1) is 0 Å². The van der Waals surface area contributed by atoms with Crippen molar-refractivity contribution in [1.29, 1.82) is 0 Å². The van der Waals surface area contributed by atoms with Crippen LogP contribution in [0, 0.1) is 0 Å². The van der Waals surface area contributed by atoms with Gasteiger partial charge in [-0.05, 0) is 118 Å². The van der Waals surface area contributed by atoms with Crippen LogP contribution < -0.4 is 0 Å². The average molecular weight is 672 g/mol. The predicted molar refractivity (Wildman–Crippen MR) is 189 cm³/mol. The summed E-state index contributed by atoms with van der Waals surface area (Å²) < 4.78 is 39.5. The first-order valence-electron chi connectivity index (χ1n) is 15.2. The Hall–Kier alpha value is 1.02. The molecule has 0 saturated carbocycles. The average Bonchev–Trinajstić information content (AvgIpc) is 2.65. The van der Waals surface area contributed by atoms with E-state index in [-0.39, 0.29) is 18.2 Å². The van der Waals surface area contributed by atoms with Crippen LogP contribution in [-0.2, 0) is 26.6 Å². The van der Waals surface area contributed by atoms with Gasteiger partial charge in [0.25, 0.3) is 0 Å². The van der Waals surface area contributed by atoms with Crippen LogP contribution in [0.15, 0.2) is 0 Å². The Bertz CT molecular complexity index is 647. The fraction of sp³-hybridized carbons (Fsp3) is 1.00. The second-order valence-electron chi connectivity index (χ2n) is 17.0. The van der Waals surface area contributed by atoms with Crippen molar-refractivity contribution < 1.29 is 26.6 Å². The first-order chi connectivity index (χ1) is 17.5. The molecule has 0 N–H and O–H groups in total. The molecule has 0 saturated heterocycles. The summed E-state index contributed by atoms with van der Waals surface area (Å²) in [5.74, 6) is 0. The number of hydrogen-bond donors (Lipinski definition) is 0. The summed E-state index contributed by atoms with van der Waals surface area (Å²) in [5, 5.41) is 0. The standard InChI is InChI=1S/C27H69NO6Si6/c1-35(2,3)29-21-25(22-30-36(4,5)6)28(19-26(33-39(13,14)15)23-31-37(7,8)9)20-27(34-40(16,17)18)24-32-38(10,11)12/h25-27H,19-24H2,1-18H3. The van der Waals surface area contributed by atoms with E-state index in [1.165, 1.54) is 0 Å². The molecule has 2 unspecified atom stereocenters. The summed E-state index contributed by atoms with van der Waals surface area (Å²) in [6.45, 7) is 44.6. The van der Waals surface area contributed by atoms with Crippen molar-refractivity contribution in [3.63, 3.8) is 0 Å². The van der Waals surface area contributed by atoms with Gasteiger partial charge in [-0.3, -0.25) is 4.90 Å². The molecule has 40 heavy (non-hydrogen) atoms. The molecular formula is C27H69NO6Si6. The van der Waals surface area contributed by atoms with E-state index < -0.39 is 49.9 Å². The Morgan fingerprint density at radius 1 is 0.375 bits per heavy atom. The van der Waals surface area contributed by atoms with Gasteiger partial charge in [0.05, 0.1) is 44.7 Å². The van der Waals surface area contributed by atoms with Gasteiger partial charge in [0.1, 0.15) is 0 Å². The van der Waals surface area contributed by atoms with E-state index in [9.17, 15) is 0 Å². The maximum atomic E-state index is 6.78. The van der Waals surface area contributed by atoms with Crippen molar-refractivity contribution in [2.75, 3.05) is 39.5 Å². The zero-order chi connectivity index (χ0) is 31.8. The van der Waals surface area contributed by atoms with Crippen LogP contribution in [0.3, 0.4) is 0 Å². The minimum absolute atomic E-state index is 0.0231. The monoisotopic (exact) mass is 671 g/mol. The largest absolute Gasteiger partial charge is 0.416 e. The van der Waals surface area contributed by atoms with E-state index in [1.807, 2.05) is 0 Å². The fourth-order valence-electron chi connectivity index (χ4n) is 3.78. The third-order valence-corrected chi connectivity index (χ3v) is 11.5. The second-order valence-corrected chi connectivity index (χ2v) is 44.0. The van der Waals surface area contributed by atoms with Crippen molar-refractivity contribution in [3.8, 4) is 0 Å². The SMILES string of the molecule is C[Si](C)(C)OCC(CN(CC(CO[Si](C)(C)C)O[Si](C)(C)C)C(CO[Si](C)(C)C)CO[Si](C)(C)C)O[Si](C)(C)C. The van der Waals surface area contributed by atoms with E-state index in [0.717, 1.165) is 13.1 Å². The molecule has 13 heteroatoms. The molecule has 0 fully saturated rings. The molecule has 0 aromatic rings. The fourth-order valence-corrected chi connectivity index (χ4v) is 8.82. The first kappa shape index (κ1) is 41.0. The molecule has 0 radical (unpaired) electrons. The lowest BCUT2D eigenvalue weighted by Gasteiger charge is -2.41. The van der Waals surface area contributed by atoms with Gasteiger partial charge < -0.3 is 26.6 Å². The summed E-state index contributed by atoms with van der Waals surface area (Å²) in [7, 11) is -10.5. The highest BCUT2D eigenvalue weighted by Gasteiger charge is 2.34. The molecule has 7 nitrogen and oxygen atoms in total. The summed E-state index contributed by atoms with van der Waals surface area (Å²) in [6, 6.07) is 0.0951. The zero-order valence-electron chi connectivity index (χ0n) is 29.9. The van der Waals surface area contributed by atoms with Gasteiger partial charge in [-0.25, -0.2) is 0 Å². The first-order valence-corrected chi connectivity index (χ1v) is 35.6. The lowest BCUT2D eigenvalue weighted by Crippen LogP contribution is -2.55. The van der Waals surface area contributed by atoms with Crippen molar-refractivity contribution >= 4 is 49.9 Å². The van der Waals surface area contributed by atoms with Gasteiger partial charge in [0.15, 0.2) is 49.9 Å². The van der Waals surface area contributed by atoms with Crippen LogP contribution in [0.5, 0.6) is 0 Å². The summed E-state index contributed by atoms with van der Waals surface area (Å²) in [6.07, 6.45) is -0.0461. The molecule has 0 aliphatic heterocycles. The lowest BCUT2D eigenvalue weighted by molar-refractivity contribution is 0.000164. The van der Waals surface area contributed by atoms with E-state index >= 15 is 0 Å². The highest BCUT2D eigenvalue weighted by Crippen LogP contribution is 2.19. The quantitative estimate of drug-likeness (QED) is 0.117. The van der Waals surface area contributed by atoms with Crippen LogP contribution in [0.1, 0.15) is 0 Å². The number of hydrogen-bond acceptors (Lipinski definition) is 7. The minimum atomic E-state index is -1.82. The third-order valence-electron chi connectivity index (χ3n) is 5.26. The van der Waals surface area contributed by atoms with Gasteiger partial charge >= 0.3 is 0 Å². The zero-order valence-corrected chi connectivity index (χ0v) is 35.9. The molecule has 0 aromatic heterocycles. The Labute approximate surface area is 256 Å². The van der Waals surface area contributed by atoms with Crippen molar-refractivity contribution in [2.24, 2.45) is 0 Å². The van der Waals surface area contributed by atoms with Gasteiger partial charge in [-0.2, -0.15) is 0 Å². The number of rotatable bonds is 21. The molecule has 0 spiro atoms. The normalized spacial score (nSPS) is 16.2. The Kier molecular flexibility index (Phi) is 16.8. The van der Waals surface area contributed by atoms with Crippen molar-refractivity contribution in [3.05, 3.63) is 0 Å². The molecule has 0 heterocycles. The molecule has 0 rings (SSSR count). The van der Waals surface area contributed by atoms with Crippen LogP contribution in [0.25, 0.3) is 0 Å². The van der Waals surface area contributed by atoms with Gasteiger partial charge in [0, 0.05) is 13.1 Å². The van der Waals surface area contributed by atoms with Crippen molar-refractivity contribution in [2.45, 2.75) is 136 Å². The molecular weight excluding hydrogens is 603 g/mol. The molecule has 0 amide bonds. The molecule has 0 bridgehead atoms. The number of nitrogens with zero attached hydrogens (tertiary/aromatic N) is 1. The summed E-state index contributed by atoms with van der Waals surface area (Å²) in [5.41, 5.74) is 0. The maximum Gasteiger partial charge on any atom is 0.184 e. The Morgan fingerprint density at radius 3 is 0.850 bits per heavy atom. The van der Waals surface area contributed by atoms with Crippen LogP contribution in [0.4, 0.5) is 0 Å². The molecule has 0 aromatic carbocycles. The lowest BCUT2D eigenvalue weighted by atomic mass is 10.2. The second kappa shape index (κ2) is 16.4. The Morgan fingerprint density at radius 2 is 0.625 bits per heavy atom. The van der Waals surface area contributed by atoms with Crippen molar-refractivity contribution in [1.82, 2.24) is 4.90 Å². The van der Waals surface area contributed by atoms with E-state index in [0.29, 0.717) is 26.4 Å².